The lowest BCUT2D eigenvalue weighted by atomic mass is 10.1. The van der Waals surface area contributed by atoms with Crippen molar-refractivity contribution in [2.24, 2.45) is 7.05 Å². The Kier molecular flexibility index (Phi) is 5.48. The number of benzene rings is 1. The van der Waals surface area contributed by atoms with Gasteiger partial charge in [-0.25, -0.2) is 4.79 Å². The normalized spacial score (nSPS) is 10.5. The Morgan fingerprint density at radius 2 is 1.91 bits per heavy atom. The number of rotatable bonds is 6. The van der Waals surface area contributed by atoms with E-state index in [0.29, 0.717) is 12.2 Å². The van der Waals surface area contributed by atoms with E-state index >= 15 is 0 Å². The Labute approximate surface area is 133 Å². The van der Waals surface area contributed by atoms with Gasteiger partial charge in [0.05, 0.1) is 0 Å². The first-order valence-electron chi connectivity index (χ1n) is 7.38. The lowest BCUT2D eigenvalue weighted by Crippen LogP contribution is -2.39. The highest BCUT2D eigenvalue weighted by Gasteiger charge is 2.09. The number of anilines is 1. The van der Waals surface area contributed by atoms with Crippen LogP contribution in [0.1, 0.15) is 12.5 Å². The predicted octanol–water partition coefficient (Wildman–Crippen LogP) is 0.295. The third-order valence-electron chi connectivity index (χ3n) is 3.43. The molecule has 0 saturated heterocycles. The molecule has 0 aliphatic carbocycles. The number of aromatic nitrogens is 2. The molecule has 2 aromatic rings. The summed E-state index contributed by atoms with van der Waals surface area (Å²) >= 11 is 0. The number of hydrogen-bond acceptors (Lipinski definition) is 4. The quantitative estimate of drug-likeness (QED) is 0.802. The Balaban J connectivity index is 2.13. The number of nitrogens with zero attached hydrogens (tertiary/aromatic N) is 2. The molecule has 0 atom stereocenters. The molecular weight excluding hydrogens is 296 g/mol. The molecule has 2 N–H and O–H groups in total. The number of nitrogens with one attached hydrogen (secondary N) is 2. The molecule has 0 fully saturated rings. The van der Waals surface area contributed by atoms with Gasteiger partial charge in [0, 0.05) is 31.5 Å². The van der Waals surface area contributed by atoms with Crippen molar-refractivity contribution in [3.05, 3.63) is 62.9 Å². The predicted molar refractivity (Wildman–Crippen MR) is 88.4 cm³/mol. The number of hydrogen-bond donors (Lipinski definition) is 2. The summed E-state index contributed by atoms with van der Waals surface area (Å²) in [4.78, 5) is 35.5. The van der Waals surface area contributed by atoms with E-state index in [1.165, 1.54) is 23.9 Å². The smallest absolute Gasteiger partial charge is 0.324 e. The zero-order valence-corrected chi connectivity index (χ0v) is 13.2. The largest absolute Gasteiger partial charge is 0.331 e. The van der Waals surface area contributed by atoms with E-state index in [1.807, 2.05) is 31.2 Å². The van der Waals surface area contributed by atoms with Crippen LogP contribution in [0, 0.1) is 0 Å². The van der Waals surface area contributed by atoms with Gasteiger partial charge in [0.25, 0.3) is 5.56 Å². The Bertz CT molecular complexity index is 807. The summed E-state index contributed by atoms with van der Waals surface area (Å²) in [5, 5.41) is 6.01. The van der Waals surface area contributed by atoms with Gasteiger partial charge in [-0.15, -0.1) is 0 Å². The first kappa shape index (κ1) is 16.7. The third-order valence-corrected chi connectivity index (χ3v) is 3.43. The monoisotopic (exact) mass is 316 g/mol. The van der Waals surface area contributed by atoms with Crippen molar-refractivity contribution in [3.63, 3.8) is 0 Å². The van der Waals surface area contributed by atoms with E-state index in [2.05, 4.69) is 10.6 Å². The van der Waals surface area contributed by atoms with Crippen molar-refractivity contribution < 1.29 is 4.79 Å². The zero-order chi connectivity index (χ0) is 16.8. The Morgan fingerprint density at radius 3 is 2.65 bits per heavy atom. The van der Waals surface area contributed by atoms with E-state index in [1.54, 1.807) is 0 Å². The number of carbonyl (C=O) groups excluding carboxylic acids is 1. The van der Waals surface area contributed by atoms with Crippen LogP contribution in [0.15, 0.2) is 46.1 Å². The minimum atomic E-state index is -0.520. The van der Waals surface area contributed by atoms with E-state index in [0.717, 1.165) is 16.7 Å². The third kappa shape index (κ3) is 4.17. The van der Waals surface area contributed by atoms with Gasteiger partial charge in [0.2, 0.25) is 5.91 Å². The minimum absolute atomic E-state index is 0.150. The van der Waals surface area contributed by atoms with Gasteiger partial charge >= 0.3 is 5.69 Å². The summed E-state index contributed by atoms with van der Waals surface area (Å²) in [6.45, 7) is 3.33. The summed E-state index contributed by atoms with van der Waals surface area (Å²) in [6, 6.07) is 8.74. The van der Waals surface area contributed by atoms with Crippen LogP contribution < -0.4 is 21.9 Å². The van der Waals surface area contributed by atoms with Gasteiger partial charge in [-0.1, -0.05) is 25.1 Å². The van der Waals surface area contributed by atoms with Crippen LogP contribution in [-0.4, -0.2) is 21.6 Å². The molecular formula is C16H20N4O3. The molecule has 1 heterocycles. The van der Waals surface area contributed by atoms with Crippen molar-refractivity contribution >= 4 is 11.6 Å². The SMILES string of the molecule is CCNCc1ccccc1NC(=O)Cn1ccc(=O)n(C)c1=O. The zero-order valence-electron chi connectivity index (χ0n) is 13.2. The standard InChI is InChI=1S/C16H20N4O3/c1-3-17-10-12-6-4-5-7-13(12)18-14(21)11-20-9-8-15(22)19(2)16(20)23/h4-9,17H,3,10-11H2,1-2H3,(H,18,21). The number of amides is 1. The van der Waals surface area contributed by atoms with Crippen molar-refractivity contribution in [1.29, 1.82) is 0 Å². The van der Waals surface area contributed by atoms with E-state index in [9.17, 15) is 14.4 Å². The first-order valence-corrected chi connectivity index (χ1v) is 7.38. The highest BCUT2D eigenvalue weighted by atomic mass is 16.2. The molecule has 1 aromatic carbocycles. The van der Waals surface area contributed by atoms with Crippen molar-refractivity contribution in [2.45, 2.75) is 20.0 Å². The molecule has 0 radical (unpaired) electrons. The number of carbonyl (C=O) groups is 1. The molecule has 23 heavy (non-hydrogen) atoms. The van der Waals surface area contributed by atoms with Gasteiger partial charge in [0.15, 0.2) is 0 Å². The molecule has 0 spiro atoms. The topological polar surface area (TPSA) is 85.1 Å². The van der Waals surface area contributed by atoms with Gasteiger partial charge in [-0.3, -0.25) is 18.7 Å². The maximum atomic E-state index is 12.2. The van der Waals surface area contributed by atoms with Crippen molar-refractivity contribution in [3.8, 4) is 0 Å². The molecule has 0 saturated carbocycles. The lowest BCUT2D eigenvalue weighted by Gasteiger charge is -2.12. The summed E-state index contributed by atoms with van der Waals surface area (Å²) in [6.07, 6.45) is 1.33. The van der Waals surface area contributed by atoms with E-state index in [-0.39, 0.29) is 12.5 Å². The average molecular weight is 316 g/mol. The van der Waals surface area contributed by atoms with Crippen LogP contribution in [-0.2, 0) is 24.9 Å². The fourth-order valence-corrected chi connectivity index (χ4v) is 2.14. The summed E-state index contributed by atoms with van der Waals surface area (Å²) in [5.74, 6) is -0.324. The highest BCUT2D eigenvalue weighted by Crippen LogP contribution is 2.14. The first-order chi connectivity index (χ1) is 11.0. The molecule has 0 aliphatic heterocycles. The van der Waals surface area contributed by atoms with E-state index in [4.69, 9.17) is 0 Å². The molecule has 1 aromatic heterocycles. The van der Waals surface area contributed by atoms with Crippen LogP contribution in [0.4, 0.5) is 5.69 Å². The lowest BCUT2D eigenvalue weighted by molar-refractivity contribution is -0.116. The second kappa shape index (κ2) is 7.55. The Morgan fingerprint density at radius 1 is 1.17 bits per heavy atom. The van der Waals surface area contributed by atoms with Crippen molar-refractivity contribution in [2.75, 3.05) is 11.9 Å². The van der Waals surface area contributed by atoms with Gasteiger partial charge in [-0.05, 0) is 18.2 Å². The minimum Gasteiger partial charge on any atom is -0.324 e. The van der Waals surface area contributed by atoms with Crippen LogP contribution in [0.5, 0.6) is 0 Å². The van der Waals surface area contributed by atoms with Crippen LogP contribution in [0.2, 0.25) is 0 Å². The van der Waals surface area contributed by atoms with E-state index < -0.39 is 11.2 Å². The summed E-state index contributed by atoms with van der Waals surface area (Å²) < 4.78 is 2.16. The molecule has 0 aliphatic rings. The van der Waals surface area contributed by atoms with Gasteiger partial charge in [-0.2, -0.15) is 0 Å². The molecule has 2 rings (SSSR count). The summed E-state index contributed by atoms with van der Waals surface area (Å²) in [7, 11) is 1.38. The van der Waals surface area contributed by atoms with Crippen LogP contribution in [0.25, 0.3) is 0 Å². The highest BCUT2D eigenvalue weighted by molar-refractivity contribution is 5.91. The van der Waals surface area contributed by atoms with Gasteiger partial charge < -0.3 is 10.6 Å². The fraction of sp³-hybridized carbons (Fsp3) is 0.312. The summed E-state index contributed by atoms with van der Waals surface area (Å²) in [5.41, 5.74) is 0.753. The molecule has 0 bridgehead atoms. The fourth-order valence-electron chi connectivity index (χ4n) is 2.14. The molecule has 0 unspecified atom stereocenters. The average Bonchev–Trinajstić information content (AvgIpc) is 2.54. The maximum Gasteiger partial charge on any atom is 0.331 e. The van der Waals surface area contributed by atoms with Crippen LogP contribution in [0.3, 0.4) is 0 Å². The molecule has 7 nitrogen and oxygen atoms in total. The second-order valence-electron chi connectivity index (χ2n) is 5.11. The molecule has 1 amide bonds. The van der Waals surface area contributed by atoms with Crippen molar-refractivity contribution in [1.82, 2.24) is 14.5 Å². The Hall–Kier alpha value is -2.67. The molecule has 122 valence electrons. The maximum absolute atomic E-state index is 12.2. The number of para-hydroxylation sites is 1. The second-order valence-corrected chi connectivity index (χ2v) is 5.11. The van der Waals surface area contributed by atoms with Crippen LogP contribution >= 0.6 is 0 Å². The van der Waals surface area contributed by atoms with Gasteiger partial charge in [0.1, 0.15) is 6.54 Å². The molecule has 7 heteroatoms.